The van der Waals surface area contributed by atoms with E-state index in [9.17, 15) is 4.79 Å². The summed E-state index contributed by atoms with van der Waals surface area (Å²) in [6.45, 7) is 8.78. The highest BCUT2D eigenvalue weighted by atomic mass is 16.5. The zero-order chi connectivity index (χ0) is 21.7. The molecular formula is C26H29NO3. The molecular weight excluding hydrogens is 374 g/mol. The van der Waals surface area contributed by atoms with E-state index < -0.39 is 0 Å². The summed E-state index contributed by atoms with van der Waals surface area (Å²) >= 11 is 0. The number of rotatable bonds is 6. The van der Waals surface area contributed by atoms with Gasteiger partial charge in [-0.05, 0) is 59.9 Å². The molecule has 0 radical (unpaired) electrons. The number of nitrogens with one attached hydrogen (secondary N) is 1. The molecule has 0 fully saturated rings. The molecule has 1 amide bonds. The second-order valence-corrected chi connectivity index (χ2v) is 8.39. The molecule has 0 bridgehead atoms. The van der Waals surface area contributed by atoms with Crippen LogP contribution in [0.25, 0.3) is 0 Å². The Kier molecular flexibility index (Phi) is 6.46. The molecule has 0 unspecified atom stereocenters. The van der Waals surface area contributed by atoms with Crippen LogP contribution in [0.2, 0.25) is 0 Å². The van der Waals surface area contributed by atoms with E-state index in [1.165, 1.54) is 0 Å². The predicted molar refractivity (Wildman–Crippen MR) is 122 cm³/mol. The molecule has 1 N–H and O–H groups in total. The van der Waals surface area contributed by atoms with E-state index in [1.807, 2.05) is 55.5 Å². The van der Waals surface area contributed by atoms with Gasteiger partial charge in [0.25, 0.3) is 5.91 Å². The highest BCUT2D eigenvalue weighted by molar-refractivity contribution is 6.04. The Bertz CT molecular complexity index is 1030. The standard InChI is InChI=1S/C26H29NO3/c1-18-9-8-10-21(15-18)27-25(28)19-13-14-23(29-5)20(16-19)17-30-24-12-7-6-11-22(24)26(2,3)4/h6-16H,17H2,1-5H3,(H,27,28). The lowest BCUT2D eigenvalue weighted by Crippen LogP contribution is -2.14. The Morgan fingerprint density at radius 1 is 0.933 bits per heavy atom. The Morgan fingerprint density at radius 2 is 1.70 bits per heavy atom. The van der Waals surface area contributed by atoms with Gasteiger partial charge in [-0.1, -0.05) is 51.1 Å². The largest absolute Gasteiger partial charge is 0.496 e. The van der Waals surface area contributed by atoms with Crippen LogP contribution < -0.4 is 14.8 Å². The number of hydrogen-bond acceptors (Lipinski definition) is 3. The topological polar surface area (TPSA) is 47.6 Å². The molecule has 0 spiro atoms. The van der Waals surface area contributed by atoms with Gasteiger partial charge in [0.2, 0.25) is 0 Å². The molecule has 4 nitrogen and oxygen atoms in total. The minimum Gasteiger partial charge on any atom is -0.496 e. The summed E-state index contributed by atoms with van der Waals surface area (Å²) < 4.78 is 11.6. The first kappa shape index (κ1) is 21.4. The number of carbonyl (C=O) groups excluding carboxylic acids is 1. The van der Waals surface area contributed by atoms with Crippen molar-refractivity contribution in [3.05, 3.63) is 89.0 Å². The Balaban J connectivity index is 1.81. The summed E-state index contributed by atoms with van der Waals surface area (Å²) in [5.74, 6) is 1.36. The molecule has 4 heteroatoms. The summed E-state index contributed by atoms with van der Waals surface area (Å²) in [6.07, 6.45) is 0. The molecule has 0 saturated carbocycles. The van der Waals surface area contributed by atoms with Crippen LogP contribution in [-0.4, -0.2) is 13.0 Å². The molecule has 3 rings (SSSR count). The second kappa shape index (κ2) is 9.04. The van der Waals surface area contributed by atoms with Crippen molar-refractivity contribution in [1.82, 2.24) is 0 Å². The van der Waals surface area contributed by atoms with Crippen molar-refractivity contribution < 1.29 is 14.3 Å². The van der Waals surface area contributed by atoms with Crippen LogP contribution in [0.15, 0.2) is 66.7 Å². The third-order valence-electron chi connectivity index (χ3n) is 4.90. The van der Waals surface area contributed by atoms with Crippen LogP contribution in [0.1, 0.15) is 47.8 Å². The van der Waals surface area contributed by atoms with E-state index >= 15 is 0 Å². The molecule has 156 valence electrons. The van der Waals surface area contributed by atoms with E-state index in [1.54, 1.807) is 19.2 Å². The summed E-state index contributed by atoms with van der Waals surface area (Å²) in [5.41, 5.74) is 4.34. The van der Waals surface area contributed by atoms with Gasteiger partial charge in [0, 0.05) is 16.8 Å². The van der Waals surface area contributed by atoms with Crippen molar-refractivity contribution in [3.63, 3.8) is 0 Å². The summed E-state index contributed by atoms with van der Waals surface area (Å²) in [6, 6.07) is 21.2. The normalized spacial score (nSPS) is 11.1. The number of ether oxygens (including phenoxy) is 2. The van der Waals surface area contributed by atoms with Gasteiger partial charge >= 0.3 is 0 Å². The zero-order valence-corrected chi connectivity index (χ0v) is 18.3. The number of carbonyl (C=O) groups is 1. The van der Waals surface area contributed by atoms with Gasteiger partial charge in [0.15, 0.2) is 0 Å². The van der Waals surface area contributed by atoms with Crippen LogP contribution in [0, 0.1) is 6.92 Å². The maximum absolute atomic E-state index is 12.7. The number of amides is 1. The van der Waals surface area contributed by atoms with Crippen LogP contribution in [0.4, 0.5) is 5.69 Å². The molecule has 0 aliphatic heterocycles. The fourth-order valence-electron chi connectivity index (χ4n) is 3.33. The van der Waals surface area contributed by atoms with E-state index in [4.69, 9.17) is 9.47 Å². The van der Waals surface area contributed by atoms with Gasteiger partial charge < -0.3 is 14.8 Å². The van der Waals surface area contributed by atoms with E-state index in [0.717, 1.165) is 28.1 Å². The number of hydrogen-bond donors (Lipinski definition) is 1. The van der Waals surface area contributed by atoms with Gasteiger partial charge in [0.1, 0.15) is 18.1 Å². The zero-order valence-electron chi connectivity index (χ0n) is 18.3. The molecule has 3 aromatic rings. The second-order valence-electron chi connectivity index (χ2n) is 8.39. The van der Waals surface area contributed by atoms with E-state index in [-0.39, 0.29) is 11.3 Å². The molecule has 3 aromatic carbocycles. The highest BCUT2D eigenvalue weighted by Crippen LogP contribution is 2.32. The van der Waals surface area contributed by atoms with Crippen molar-refractivity contribution >= 4 is 11.6 Å². The van der Waals surface area contributed by atoms with Gasteiger partial charge in [-0.2, -0.15) is 0 Å². The SMILES string of the molecule is COc1ccc(C(=O)Nc2cccc(C)c2)cc1COc1ccccc1C(C)(C)C. The molecule has 0 heterocycles. The summed E-state index contributed by atoms with van der Waals surface area (Å²) in [7, 11) is 1.62. The van der Waals surface area contributed by atoms with Crippen LogP contribution >= 0.6 is 0 Å². The van der Waals surface area contributed by atoms with Gasteiger partial charge in [-0.3, -0.25) is 4.79 Å². The molecule has 30 heavy (non-hydrogen) atoms. The van der Waals surface area contributed by atoms with Crippen molar-refractivity contribution in [2.75, 3.05) is 12.4 Å². The fraction of sp³-hybridized carbons (Fsp3) is 0.269. The molecule has 0 aliphatic rings. The van der Waals surface area contributed by atoms with Crippen molar-refractivity contribution in [1.29, 1.82) is 0 Å². The number of para-hydroxylation sites is 1. The van der Waals surface area contributed by atoms with Crippen molar-refractivity contribution in [2.45, 2.75) is 39.7 Å². The Labute approximate surface area is 178 Å². The Morgan fingerprint density at radius 3 is 2.40 bits per heavy atom. The minimum absolute atomic E-state index is 0.0315. The lowest BCUT2D eigenvalue weighted by atomic mass is 9.86. The molecule has 0 aromatic heterocycles. The number of benzene rings is 3. The Hall–Kier alpha value is -3.27. The molecule has 0 aliphatic carbocycles. The van der Waals surface area contributed by atoms with Gasteiger partial charge in [-0.15, -0.1) is 0 Å². The average molecular weight is 404 g/mol. The highest BCUT2D eigenvalue weighted by Gasteiger charge is 2.19. The number of aryl methyl sites for hydroxylation is 1. The van der Waals surface area contributed by atoms with Gasteiger partial charge in [-0.25, -0.2) is 0 Å². The number of anilines is 1. The third kappa shape index (κ3) is 5.20. The van der Waals surface area contributed by atoms with E-state index in [0.29, 0.717) is 17.9 Å². The maximum atomic E-state index is 12.7. The van der Waals surface area contributed by atoms with Crippen LogP contribution in [0.5, 0.6) is 11.5 Å². The lowest BCUT2D eigenvalue weighted by Gasteiger charge is -2.23. The minimum atomic E-state index is -0.167. The first-order valence-corrected chi connectivity index (χ1v) is 10.0. The van der Waals surface area contributed by atoms with Crippen LogP contribution in [-0.2, 0) is 12.0 Å². The number of methoxy groups -OCH3 is 1. The fourth-order valence-corrected chi connectivity index (χ4v) is 3.33. The first-order chi connectivity index (χ1) is 14.3. The quantitative estimate of drug-likeness (QED) is 0.538. The monoisotopic (exact) mass is 403 g/mol. The average Bonchev–Trinajstić information content (AvgIpc) is 2.71. The van der Waals surface area contributed by atoms with E-state index in [2.05, 4.69) is 32.2 Å². The van der Waals surface area contributed by atoms with Gasteiger partial charge in [0.05, 0.1) is 7.11 Å². The first-order valence-electron chi connectivity index (χ1n) is 10.0. The van der Waals surface area contributed by atoms with Crippen LogP contribution in [0.3, 0.4) is 0 Å². The predicted octanol–water partition coefficient (Wildman–Crippen LogP) is 6.13. The lowest BCUT2D eigenvalue weighted by molar-refractivity contribution is 0.102. The smallest absolute Gasteiger partial charge is 0.255 e. The molecule has 0 saturated heterocycles. The van der Waals surface area contributed by atoms with Crippen molar-refractivity contribution in [2.24, 2.45) is 0 Å². The third-order valence-corrected chi connectivity index (χ3v) is 4.90. The maximum Gasteiger partial charge on any atom is 0.255 e. The molecule has 0 atom stereocenters. The summed E-state index contributed by atoms with van der Waals surface area (Å²) in [4.78, 5) is 12.7. The summed E-state index contributed by atoms with van der Waals surface area (Å²) in [5, 5.41) is 2.95. The van der Waals surface area contributed by atoms with Crippen molar-refractivity contribution in [3.8, 4) is 11.5 Å².